The molecule has 1 unspecified atom stereocenters. The summed E-state index contributed by atoms with van der Waals surface area (Å²) in [6, 6.07) is 5.98. The molecule has 100 valence electrons. The Balaban J connectivity index is 2.99. The van der Waals surface area contributed by atoms with Gasteiger partial charge in [-0.3, -0.25) is 4.79 Å². The first-order valence-electron chi connectivity index (χ1n) is 5.87. The zero-order valence-corrected chi connectivity index (χ0v) is 11.7. The van der Waals surface area contributed by atoms with Gasteiger partial charge in [0.25, 0.3) is 0 Å². The fraction of sp³-hybridized carbons (Fsp3) is 0.500. The van der Waals surface area contributed by atoms with Gasteiger partial charge in [0.2, 0.25) is 0 Å². The van der Waals surface area contributed by atoms with Gasteiger partial charge in [0, 0.05) is 6.04 Å². The molecule has 0 spiro atoms. The molecule has 0 fully saturated rings. The second kappa shape index (κ2) is 6.40. The third kappa shape index (κ3) is 3.47. The van der Waals surface area contributed by atoms with E-state index in [2.05, 4.69) is 0 Å². The number of aryl methyl sites for hydroxylation is 1. The van der Waals surface area contributed by atoms with E-state index in [9.17, 15) is 4.79 Å². The van der Waals surface area contributed by atoms with Crippen LogP contribution in [0, 0.1) is 6.92 Å². The molecule has 1 rings (SSSR count). The van der Waals surface area contributed by atoms with Gasteiger partial charge >= 0.3 is 5.97 Å². The fourth-order valence-corrected chi connectivity index (χ4v) is 1.95. The van der Waals surface area contributed by atoms with E-state index < -0.39 is 0 Å². The number of nitrogens with zero attached hydrogens (tertiary/aromatic N) is 1. The van der Waals surface area contributed by atoms with Crippen molar-refractivity contribution in [1.82, 2.24) is 4.90 Å². The molecule has 0 radical (unpaired) electrons. The molecule has 0 N–H and O–H groups in total. The minimum Gasteiger partial charge on any atom is -0.496 e. The van der Waals surface area contributed by atoms with Gasteiger partial charge < -0.3 is 14.4 Å². The van der Waals surface area contributed by atoms with Crippen LogP contribution in [0.15, 0.2) is 18.2 Å². The molecule has 0 saturated heterocycles. The maximum absolute atomic E-state index is 11.4. The number of benzene rings is 1. The summed E-state index contributed by atoms with van der Waals surface area (Å²) in [5, 5.41) is 0. The van der Waals surface area contributed by atoms with E-state index in [0.29, 0.717) is 6.42 Å². The van der Waals surface area contributed by atoms with Crippen molar-refractivity contribution in [3.8, 4) is 5.75 Å². The van der Waals surface area contributed by atoms with E-state index in [4.69, 9.17) is 9.47 Å². The number of esters is 1. The van der Waals surface area contributed by atoms with E-state index in [-0.39, 0.29) is 12.0 Å². The third-order valence-corrected chi connectivity index (χ3v) is 3.01. The maximum Gasteiger partial charge on any atom is 0.307 e. The standard InChI is InChI=1S/C14H21NO3/c1-10-8-11(6-7-13(10)17-4)12(15(2)3)9-14(16)18-5/h6-8,12H,9H2,1-5H3. The molecule has 4 nitrogen and oxygen atoms in total. The van der Waals surface area contributed by atoms with Crippen molar-refractivity contribution < 1.29 is 14.3 Å². The van der Waals surface area contributed by atoms with Crippen LogP contribution in [0.4, 0.5) is 0 Å². The summed E-state index contributed by atoms with van der Waals surface area (Å²) in [4.78, 5) is 13.4. The molecule has 18 heavy (non-hydrogen) atoms. The second-order valence-corrected chi connectivity index (χ2v) is 4.49. The van der Waals surface area contributed by atoms with Gasteiger partial charge in [-0.2, -0.15) is 0 Å². The smallest absolute Gasteiger partial charge is 0.307 e. The van der Waals surface area contributed by atoms with Crippen LogP contribution in [0.1, 0.15) is 23.6 Å². The van der Waals surface area contributed by atoms with Gasteiger partial charge in [0.15, 0.2) is 0 Å². The van der Waals surface area contributed by atoms with Gasteiger partial charge in [0.05, 0.1) is 20.6 Å². The highest BCUT2D eigenvalue weighted by molar-refractivity contribution is 5.70. The van der Waals surface area contributed by atoms with Crippen LogP contribution in [0.3, 0.4) is 0 Å². The molecule has 0 heterocycles. The SMILES string of the molecule is COC(=O)CC(c1ccc(OC)c(C)c1)N(C)C. The lowest BCUT2D eigenvalue weighted by Crippen LogP contribution is -2.23. The molecule has 0 amide bonds. The Morgan fingerprint density at radius 3 is 2.44 bits per heavy atom. The topological polar surface area (TPSA) is 38.8 Å². The Labute approximate surface area is 108 Å². The van der Waals surface area contributed by atoms with Crippen LogP contribution in [0.5, 0.6) is 5.75 Å². The summed E-state index contributed by atoms with van der Waals surface area (Å²) < 4.78 is 9.97. The highest BCUT2D eigenvalue weighted by Gasteiger charge is 2.19. The van der Waals surface area contributed by atoms with Crippen molar-refractivity contribution in [2.45, 2.75) is 19.4 Å². The number of methoxy groups -OCH3 is 2. The van der Waals surface area contributed by atoms with E-state index in [1.165, 1.54) is 7.11 Å². The largest absolute Gasteiger partial charge is 0.496 e. The molecule has 1 aromatic rings. The Kier molecular flexibility index (Phi) is 5.16. The molecular weight excluding hydrogens is 230 g/mol. The zero-order valence-electron chi connectivity index (χ0n) is 11.7. The molecule has 0 bridgehead atoms. The molecule has 1 aromatic carbocycles. The van der Waals surface area contributed by atoms with Crippen molar-refractivity contribution in [2.24, 2.45) is 0 Å². The van der Waals surface area contributed by atoms with Crippen molar-refractivity contribution >= 4 is 5.97 Å². The summed E-state index contributed by atoms with van der Waals surface area (Å²) >= 11 is 0. The van der Waals surface area contributed by atoms with Gasteiger partial charge in [-0.25, -0.2) is 0 Å². The Bertz CT molecular complexity index is 416. The monoisotopic (exact) mass is 251 g/mol. The molecule has 0 aromatic heterocycles. The van der Waals surface area contributed by atoms with Gasteiger partial charge in [-0.15, -0.1) is 0 Å². The Hall–Kier alpha value is -1.55. The summed E-state index contributed by atoms with van der Waals surface area (Å²) in [6.07, 6.45) is 0.343. The molecule has 0 aliphatic rings. The van der Waals surface area contributed by atoms with E-state index in [1.807, 2.05) is 44.1 Å². The highest BCUT2D eigenvalue weighted by Crippen LogP contribution is 2.27. The molecule has 0 aliphatic heterocycles. The first-order chi connectivity index (χ1) is 8.49. The first-order valence-corrected chi connectivity index (χ1v) is 5.87. The quantitative estimate of drug-likeness (QED) is 0.752. The van der Waals surface area contributed by atoms with Crippen LogP contribution in [-0.2, 0) is 9.53 Å². The third-order valence-electron chi connectivity index (χ3n) is 3.01. The maximum atomic E-state index is 11.4. The molecular formula is C14H21NO3. The summed E-state index contributed by atoms with van der Waals surface area (Å²) in [5.74, 6) is 0.650. The van der Waals surface area contributed by atoms with E-state index in [1.54, 1.807) is 7.11 Å². The molecule has 0 saturated carbocycles. The number of carbonyl (C=O) groups is 1. The van der Waals surface area contributed by atoms with Crippen LogP contribution >= 0.6 is 0 Å². The lowest BCUT2D eigenvalue weighted by molar-refractivity contribution is -0.141. The number of ether oxygens (including phenoxy) is 2. The van der Waals surface area contributed by atoms with Gasteiger partial charge in [-0.05, 0) is 38.2 Å². The van der Waals surface area contributed by atoms with Crippen molar-refractivity contribution in [2.75, 3.05) is 28.3 Å². The van der Waals surface area contributed by atoms with Crippen LogP contribution < -0.4 is 4.74 Å². The predicted octanol–water partition coefficient (Wildman–Crippen LogP) is 2.17. The summed E-state index contributed by atoms with van der Waals surface area (Å²) in [7, 11) is 6.97. The highest BCUT2D eigenvalue weighted by atomic mass is 16.5. The molecule has 0 aliphatic carbocycles. The van der Waals surface area contributed by atoms with E-state index in [0.717, 1.165) is 16.9 Å². The number of rotatable bonds is 5. The van der Waals surface area contributed by atoms with Crippen LogP contribution in [-0.4, -0.2) is 39.2 Å². The average molecular weight is 251 g/mol. The molecule has 4 heteroatoms. The predicted molar refractivity (Wildman–Crippen MR) is 70.8 cm³/mol. The van der Waals surface area contributed by atoms with Crippen LogP contribution in [0.2, 0.25) is 0 Å². The number of carbonyl (C=O) groups excluding carboxylic acids is 1. The molecule has 1 atom stereocenters. The Morgan fingerprint density at radius 1 is 1.33 bits per heavy atom. The lowest BCUT2D eigenvalue weighted by atomic mass is 10.0. The second-order valence-electron chi connectivity index (χ2n) is 4.49. The lowest BCUT2D eigenvalue weighted by Gasteiger charge is -2.24. The van der Waals surface area contributed by atoms with Gasteiger partial charge in [0.1, 0.15) is 5.75 Å². The van der Waals surface area contributed by atoms with Crippen molar-refractivity contribution in [3.63, 3.8) is 0 Å². The van der Waals surface area contributed by atoms with Gasteiger partial charge in [-0.1, -0.05) is 12.1 Å². The average Bonchev–Trinajstić information content (AvgIpc) is 2.35. The van der Waals surface area contributed by atoms with E-state index >= 15 is 0 Å². The summed E-state index contributed by atoms with van der Waals surface area (Å²) in [6.45, 7) is 1.99. The normalized spacial score (nSPS) is 12.3. The zero-order chi connectivity index (χ0) is 13.7. The number of hydrogen-bond donors (Lipinski definition) is 0. The van der Waals surface area contributed by atoms with Crippen molar-refractivity contribution in [1.29, 1.82) is 0 Å². The Morgan fingerprint density at radius 2 is 2.00 bits per heavy atom. The fourth-order valence-electron chi connectivity index (χ4n) is 1.95. The van der Waals surface area contributed by atoms with Crippen molar-refractivity contribution in [3.05, 3.63) is 29.3 Å². The first kappa shape index (κ1) is 14.5. The summed E-state index contributed by atoms with van der Waals surface area (Å²) in [5.41, 5.74) is 2.15. The number of hydrogen-bond acceptors (Lipinski definition) is 4. The van der Waals surface area contributed by atoms with Crippen LogP contribution in [0.25, 0.3) is 0 Å². The minimum atomic E-state index is -0.206. The minimum absolute atomic E-state index is 0.0158.